The number of carbonyl (C=O) groups excluding carboxylic acids is 1. The molecular weight excluding hydrogens is 268 g/mol. The van der Waals surface area contributed by atoms with Crippen LogP contribution in [0.3, 0.4) is 0 Å². The highest BCUT2D eigenvalue weighted by Gasteiger charge is 2.17. The van der Waals surface area contributed by atoms with E-state index in [1.807, 2.05) is 0 Å². The Morgan fingerprint density at radius 2 is 1.65 bits per heavy atom. The van der Waals surface area contributed by atoms with Crippen molar-refractivity contribution >= 4 is 17.9 Å². The van der Waals surface area contributed by atoms with Crippen LogP contribution in [-0.2, 0) is 9.53 Å². The van der Waals surface area contributed by atoms with E-state index < -0.39 is 24.2 Å². The van der Waals surface area contributed by atoms with Crippen LogP contribution in [0.15, 0.2) is 36.9 Å². The molecule has 1 aromatic rings. The van der Waals surface area contributed by atoms with Crippen molar-refractivity contribution in [2.75, 3.05) is 0 Å². The smallest absolute Gasteiger partial charge is 0.341 e. The Hall–Kier alpha value is -2.67. The third-order valence-electron chi connectivity index (χ3n) is 1.83. The van der Waals surface area contributed by atoms with Gasteiger partial charge in [-0.15, -0.1) is 0 Å². The van der Waals surface area contributed by atoms with Gasteiger partial charge in [0.15, 0.2) is 6.29 Å². The molecule has 7 nitrogen and oxygen atoms in total. The SMILES string of the molecule is C=CC(=O)O.CC(O)OC(=O)c1ccccc1C(=O)O. The number of hydrogen-bond donors (Lipinski definition) is 3. The Balaban J connectivity index is 0.000000621. The molecule has 7 heteroatoms. The average molecular weight is 282 g/mol. The first-order valence-electron chi connectivity index (χ1n) is 5.36. The van der Waals surface area contributed by atoms with E-state index >= 15 is 0 Å². The summed E-state index contributed by atoms with van der Waals surface area (Å²) in [4.78, 5) is 31.3. The molecule has 0 aliphatic carbocycles. The fourth-order valence-electron chi connectivity index (χ4n) is 1.07. The minimum atomic E-state index is -1.26. The van der Waals surface area contributed by atoms with Gasteiger partial charge in [-0.2, -0.15) is 0 Å². The summed E-state index contributed by atoms with van der Waals surface area (Å²) < 4.78 is 4.48. The predicted molar refractivity (Wildman–Crippen MR) is 68.3 cm³/mol. The molecular formula is C13H14O7. The highest BCUT2D eigenvalue weighted by molar-refractivity contribution is 6.02. The van der Waals surface area contributed by atoms with Gasteiger partial charge >= 0.3 is 17.9 Å². The highest BCUT2D eigenvalue weighted by Crippen LogP contribution is 2.10. The van der Waals surface area contributed by atoms with E-state index in [9.17, 15) is 14.4 Å². The quantitative estimate of drug-likeness (QED) is 0.430. The summed E-state index contributed by atoms with van der Waals surface area (Å²) >= 11 is 0. The van der Waals surface area contributed by atoms with Crippen molar-refractivity contribution in [2.45, 2.75) is 13.2 Å². The van der Waals surface area contributed by atoms with Crippen LogP contribution in [0.4, 0.5) is 0 Å². The minimum absolute atomic E-state index is 0.0779. The molecule has 20 heavy (non-hydrogen) atoms. The molecule has 0 heterocycles. The van der Waals surface area contributed by atoms with Gasteiger partial charge in [0.25, 0.3) is 0 Å². The number of rotatable bonds is 4. The molecule has 0 bridgehead atoms. The number of hydrogen-bond acceptors (Lipinski definition) is 5. The molecule has 0 amide bonds. The number of carboxylic acids is 2. The van der Waals surface area contributed by atoms with Crippen molar-refractivity contribution in [1.82, 2.24) is 0 Å². The monoisotopic (exact) mass is 282 g/mol. The molecule has 0 radical (unpaired) electrons. The largest absolute Gasteiger partial charge is 0.478 e. The van der Waals surface area contributed by atoms with Crippen molar-refractivity contribution in [1.29, 1.82) is 0 Å². The zero-order valence-electron chi connectivity index (χ0n) is 10.6. The Morgan fingerprint density at radius 1 is 1.20 bits per heavy atom. The maximum absolute atomic E-state index is 11.3. The molecule has 0 spiro atoms. The molecule has 108 valence electrons. The first-order chi connectivity index (χ1) is 9.29. The van der Waals surface area contributed by atoms with E-state index in [0.717, 1.165) is 6.08 Å². The van der Waals surface area contributed by atoms with Crippen LogP contribution < -0.4 is 0 Å². The third-order valence-corrected chi connectivity index (χ3v) is 1.83. The second-order valence-electron chi connectivity index (χ2n) is 3.40. The Labute approximate surface area is 114 Å². The number of esters is 1. The normalized spacial score (nSPS) is 10.5. The van der Waals surface area contributed by atoms with Crippen LogP contribution in [0.5, 0.6) is 0 Å². The van der Waals surface area contributed by atoms with Crippen molar-refractivity contribution < 1.29 is 34.4 Å². The summed E-state index contributed by atoms with van der Waals surface area (Å²) in [5, 5.41) is 25.2. The first-order valence-corrected chi connectivity index (χ1v) is 5.36. The van der Waals surface area contributed by atoms with E-state index in [0.29, 0.717) is 0 Å². The summed E-state index contributed by atoms with van der Waals surface area (Å²) in [6, 6.07) is 5.64. The standard InChI is InChI=1S/C10H10O5.C3H4O2/c1-6(11)15-10(14)8-5-3-2-4-7(8)9(12)13;1-2-3(4)5/h2-6,11H,1H3,(H,12,13);2H,1H2,(H,4,5). The van der Waals surface area contributed by atoms with Gasteiger partial charge in [-0.1, -0.05) is 18.7 Å². The van der Waals surface area contributed by atoms with Crippen LogP contribution in [0, 0.1) is 0 Å². The molecule has 1 rings (SSSR count). The number of carboxylic acid groups (broad SMARTS) is 2. The predicted octanol–water partition coefficient (Wildman–Crippen LogP) is 1.14. The molecule has 1 unspecified atom stereocenters. The number of aliphatic hydroxyl groups is 1. The third kappa shape index (κ3) is 6.31. The summed E-state index contributed by atoms with van der Waals surface area (Å²) in [5.74, 6) is -3.05. The lowest BCUT2D eigenvalue weighted by atomic mass is 10.1. The second-order valence-corrected chi connectivity index (χ2v) is 3.40. The lowest BCUT2D eigenvalue weighted by Crippen LogP contribution is -2.17. The number of aliphatic hydroxyl groups excluding tert-OH is 1. The summed E-state index contributed by atoms with van der Waals surface area (Å²) in [6.45, 7) is 4.23. The maximum atomic E-state index is 11.3. The van der Waals surface area contributed by atoms with Crippen molar-refractivity contribution in [3.8, 4) is 0 Å². The summed E-state index contributed by atoms with van der Waals surface area (Å²) in [7, 11) is 0. The van der Waals surface area contributed by atoms with Gasteiger partial charge in [0.2, 0.25) is 0 Å². The zero-order chi connectivity index (χ0) is 15.7. The minimum Gasteiger partial charge on any atom is -0.478 e. The van der Waals surface area contributed by atoms with Crippen LogP contribution >= 0.6 is 0 Å². The number of aliphatic carboxylic acids is 1. The van der Waals surface area contributed by atoms with Crippen molar-refractivity contribution in [3.05, 3.63) is 48.0 Å². The highest BCUT2D eigenvalue weighted by atomic mass is 16.6. The fraction of sp³-hybridized carbons (Fsp3) is 0.154. The van der Waals surface area contributed by atoms with Crippen molar-refractivity contribution in [3.63, 3.8) is 0 Å². The molecule has 0 aromatic heterocycles. The molecule has 0 saturated heterocycles. The fourth-order valence-corrected chi connectivity index (χ4v) is 1.07. The zero-order valence-corrected chi connectivity index (χ0v) is 10.6. The van der Waals surface area contributed by atoms with Gasteiger partial charge < -0.3 is 20.1 Å². The maximum Gasteiger partial charge on any atom is 0.341 e. The summed E-state index contributed by atoms with van der Waals surface area (Å²) in [5.41, 5.74) is -0.228. The van der Waals surface area contributed by atoms with Crippen LogP contribution in [0.1, 0.15) is 27.6 Å². The molecule has 0 fully saturated rings. The topological polar surface area (TPSA) is 121 Å². The molecule has 0 saturated carbocycles. The average Bonchev–Trinajstić information content (AvgIpc) is 2.38. The van der Waals surface area contributed by atoms with E-state index in [1.54, 1.807) is 0 Å². The number of aromatic carboxylic acids is 1. The van der Waals surface area contributed by atoms with Crippen LogP contribution in [0.25, 0.3) is 0 Å². The number of benzene rings is 1. The number of carbonyl (C=O) groups is 3. The van der Waals surface area contributed by atoms with E-state index in [-0.39, 0.29) is 11.1 Å². The van der Waals surface area contributed by atoms with Gasteiger partial charge in [-0.05, 0) is 19.1 Å². The van der Waals surface area contributed by atoms with Gasteiger partial charge in [0.1, 0.15) is 0 Å². The van der Waals surface area contributed by atoms with Gasteiger partial charge in [0, 0.05) is 6.08 Å². The summed E-state index contributed by atoms with van der Waals surface area (Å²) in [6.07, 6.45) is -0.431. The van der Waals surface area contributed by atoms with Crippen molar-refractivity contribution in [2.24, 2.45) is 0 Å². The second kappa shape index (κ2) is 8.44. The molecule has 3 N–H and O–H groups in total. The van der Waals surface area contributed by atoms with E-state index in [1.165, 1.54) is 31.2 Å². The van der Waals surface area contributed by atoms with E-state index in [2.05, 4.69) is 11.3 Å². The Morgan fingerprint density at radius 3 is 2.00 bits per heavy atom. The molecule has 0 aliphatic rings. The van der Waals surface area contributed by atoms with Crippen LogP contribution in [-0.4, -0.2) is 39.5 Å². The Kier molecular flexibility index (Phi) is 7.31. The van der Waals surface area contributed by atoms with E-state index in [4.69, 9.17) is 15.3 Å². The lowest BCUT2D eigenvalue weighted by Gasteiger charge is -2.08. The van der Waals surface area contributed by atoms with Crippen LogP contribution in [0.2, 0.25) is 0 Å². The molecule has 0 aliphatic heterocycles. The first kappa shape index (κ1) is 17.3. The van der Waals surface area contributed by atoms with Gasteiger partial charge in [0.05, 0.1) is 11.1 Å². The Bertz CT molecular complexity index is 505. The molecule has 1 aromatic carbocycles. The number of ether oxygens (including phenoxy) is 1. The van der Waals surface area contributed by atoms with Gasteiger partial charge in [-0.3, -0.25) is 0 Å². The van der Waals surface area contributed by atoms with Gasteiger partial charge in [-0.25, -0.2) is 14.4 Å². The molecule has 1 atom stereocenters. The lowest BCUT2D eigenvalue weighted by molar-refractivity contribution is -0.131.